The van der Waals surface area contributed by atoms with E-state index in [1.807, 2.05) is 0 Å². The van der Waals surface area contributed by atoms with Crippen LogP contribution in [-0.4, -0.2) is 39.6 Å². The minimum atomic E-state index is -4.24. The average molecular weight is 428 g/mol. The van der Waals surface area contributed by atoms with Crippen molar-refractivity contribution in [1.29, 1.82) is 0 Å². The molecule has 0 aromatic heterocycles. The molecule has 0 saturated carbocycles. The van der Waals surface area contributed by atoms with Crippen LogP contribution in [0.5, 0.6) is 0 Å². The maximum atomic E-state index is 12.7. The molecule has 0 amide bonds. The zero-order valence-electron chi connectivity index (χ0n) is 15.7. The molecule has 10 nitrogen and oxygen atoms in total. The van der Waals surface area contributed by atoms with Crippen molar-refractivity contribution >= 4 is 23.8 Å². The van der Waals surface area contributed by atoms with Gasteiger partial charge in [-0.2, -0.15) is 0 Å². The molecule has 154 valence electrons. The van der Waals surface area contributed by atoms with Crippen molar-refractivity contribution in [3.05, 3.63) is 0 Å². The van der Waals surface area contributed by atoms with E-state index in [0.717, 1.165) is 0 Å². The third-order valence-corrected chi connectivity index (χ3v) is 9.40. The van der Waals surface area contributed by atoms with Gasteiger partial charge in [-0.25, -0.2) is 0 Å². The van der Waals surface area contributed by atoms with Gasteiger partial charge in [-0.15, -0.1) is 0 Å². The third kappa shape index (κ3) is 9.36. The van der Waals surface area contributed by atoms with Crippen LogP contribution in [0.1, 0.15) is 41.5 Å². The molecule has 13 heteroatoms. The van der Waals surface area contributed by atoms with Gasteiger partial charge in [0, 0.05) is 0 Å². The first kappa shape index (κ1) is 25.6. The average Bonchev–Trinajstić information content (AvgIpc) is 2.47. The van der Waals surface area contributed by atoms with Gasteiger partial charge in [0.2, 0.25) is 0 Å². The number of hydrogen-bond acceptors (Lipinski definition) is 10. The number of phosphoric acid groups is 2. The van der Waals surface area contributed by atoms with Gasteiger partial charge in [0.15, 0.2) is 0 Å². The summed E-state index contributed by atoms with van der Waals surface area (Å²) in [5.41, 5.74) is 0. The summed E-state index contributed by atoms with van der Waals surface area (Å²) in [5.74, 6) is 0. The summed E-state index contributed by atoms with van der Waals surface area (Å²) < 4.78 is 67.6. The van der Waals surface area contributed by atoms with Gasteiger partial charge in [0.1, 0.15) is 0 Å². The molecule has 0 saturated heterocycles. The normalized spacial score (nSPS) is 14.0. The van der Waals surface area contributed by atoms with Crippen molar-refractivity contribution in [3.63, 3.8) is 0 Å². The Morgan fingerprint density at radius 3 is 1.04 bits per heavy atom. The SMILES string of the molecule is CCOP(=O)(OCC)O[PH](OCC)(OCC)OP(=O)(OCC)OCC. The molecular weight excluding hydrogens is 397 g/mol. The fraction of sp³-hybridized carbons (Fsp3) is 1.00. The van der Waals surface area contributed by atoms with Gasteiger partial charge in [0.25, 0.3) is 0 Å². The second kappa shape index (κ2) is 12.9. The molecule has 0 heterocycles. The molecule has 0 aromatic carbocycles. The Bertz CT molecular complexity index is 387. The Kier molecular flexibility index (Phi) is 13.2. The second-order valence-electron chi connectivity index (χ2n) is 4.11. The van der Waals surface area contributed by atoms with Crippen LogP contribution < -0.4 is 0 Å². The van der Waals surface area contributed by atoms with Crippen LogP contribution in [0.3, 0.4) is 0 Å². The van der Waals surface area contributed by atoms with Crippen LogP contribution in [-0.2, 0) is 44.9 Å². The van der Waals surface area contributed by atoms with E-state index in [1.54, 1.807) is 41.5 Å². The quantitative estimate of drug-likeness (QED) is 0.316. The number of rotatable bonds is 16. The third-order valence-electron chi connectivity index (χ3n) is 2.24. The van der Waals surface area contributed by atoms with Crippen molar-refractivity contribution in [3.8, 4) is 0 Å². The molecule has 0 bridgehead atoms. The van der Waals surface area contributed by atoms with Crippen molar-refractivity contribution in [2.24, 2.45) is 0 Å². The predicted octanol–water partition coefficient (Wildman–Crippen LogP) is 4.86. The first-order chi connectivity index (χ1) is 11.8. The van der Waals surface area contributed by atoms with Gasteiger partial charge in [-0.05, 0) is 0 Å². The molecule has 0 radical (unpaired) electrons. The number of hydrogen-bond donors (Lipinski definition) is 0. The molecule has 0 aliphatic carbocycles. The Balaban J connectivity index is 5.74. The Labute approximate surface area is 150 Å². The molecule has 0 aliphatic heterocycles. The summed E-state index contributed by atoms with van der Waals surface area (Å²) in [4.78, 5) is 0. The van der Waals surface area contributed by atoms with E-state index in [2.05, 4.69) is 0 Å². The maximum absolute atomic E-state index is 12.7. The summed E-state index contributed by atoms with van der Waals surface area (Å²) in [5, 5.41) is 0. The van der Waals surface area contributed by atoms with Gasteiger partial charge in [-0.3, -0.25) is 0 Å². The Hall–Kier alpha value is 0.570. The Morgan fingerprint density at radius 1 is 0.560 bits per heavy atom. The molecule has 0 atom stereocenters. The fourth-order valence-electron chi connectivity index (χ4n) is 1.60. The van der Waals surface area contributed by atoms with Crippen LogP contribution in [0.25, 0.3) is 0 Å². The van der Waals surface area contributed by atoms with E-state index in [9.17, 15) is 9.13 Å². The summed E-state index contributed by atoms with van der Waals surface area (Å²) >= 11 is 0. The zero-order valence-corrected chi connectivity index (χ0v) is 18.5. The standard InChI is InChI=1S/C12H31O10P3/c1-7-15-23(13,16-8-2)21-25(19-11-5,20-12-6)22-24(14,17-9-3)18-10-4/h25H,7-12H2,1-6H3. The monoisotopic (exact) mass is 428 g/mol. The number of phosphoric ester groups is 2. The summed E-state index contributed by atoms with van der Waals surface area (Å²) in [6, 6.07) is 0. The van der Waals surface area contributed by atoms with Gasteiger partial charge < -0.3 is 0 Å². The van der Waals surface area contributed by atoms with Gasteiger partial charge in [-0.1, -0.05) is 0 Å². The molecule has 0 spiro atoms. The molecule has 0 N–H and O–H groups in total. The van der Waals surface area contributed by atoms with Crippen LogP contribution in [0, 0.1) is 0 Å². The van der Waals surface area contributed by atoms with Crippen molar-refractivity contribution in [1.82, 2.24) is 0 Å². The molecule has 0 unspecified atom stereocenters. The van der Waals surface area contributed by atoms with Crippen LogP contribution in [0.4, 0.5) is 0 Å². The van der Waals surface area contributed by atoms with E-state index in [-0.39, 0.29) is 39.6 Å². The van der Waals surface area contributed by atoms with Crippen LogP contribution in [0.15, 0.2) is 0 Å². The van der Waals surface area contributed by atoms with Crippen LogP contribution in [0.2, 0.25) is 0 Å². The van der Waals surface area contributed by atoms with Crippen molar-refractivity contribution < 1.29 is 44.9 Å². The van der Waals surface area contributed by atoms with E-state index in [1.165, 1.54) is 0 Å². The van der Waals surface area contributed by atoms with Gasteiger partial charge in [0.05, 0.1) is 0 Å². The van der Waals surface area contributed by atoms with E-state index < -0.39 is 23.8 Å². The minimum absolute atomic E-state index is 0.0502. The van der Waals surface area contributed by atoms with Gasteiger partial charge >= 0.3 is 150 Å². The predicted molar refractivity (Wildman–Crippen MR) is 95.5 cm³/mol. The molecular formula is C12H31O10P3. The molecule has 0 aliphatic rings. The van der Waals surface area contributed by atoms with Crippen molar-refractivity contribution in [2.75, 3.05) is 39.6 Å². The zero-order chi connectivity index (χ0) is 19.4. The summed E-state index contributed by atoms with van der Waals surface area (Å²) in [6.45, 7) is 10.1. The first-order valence-electron chi connectivity index (χ1n) is 8.25. The van der Waals surface area contributed by atoms with Crippen molar-refractivity contribution in [2.45, 2.75) is 41.5 Å². The van der Waals surface area contributed by atoms with E-state index >= 15 is 0 Å². The summed E-state index contributed by atoms with van der Waals surface area (Å²) in [7, 11) is -12.4. The molecule has 0 rings (SSSR count). The summed E-state index contributed by atoms with van der Waals surface area (Å²) in [6.07, 6.45) is 0. The molecule has 25 heavy (non-hydrogen) atoms. The first-order valence-corrected chi connectivity index (χ1v) is 12.8. The molecule has 0 fully saturated rings. The fourth-order valence-corrected chi connectivity index (χ4v) is 8.12. The van der Waals surface area contributed by atoms with E-state index in [4.69, 9.17) is 35.8 Å². The second-order valence-corrected chi connectivity index (χ2v) is 9.97. The van der Waals surface area contributed by atoms with E-state index in [0.29, 0.717) is 0 Å². The molecule has 0 aromatic rings. The topological polar surface area (TPSA) is 108 Å². The Morgan fingerprint density at radius 2 is 0.840 bits per heavy atom. The van der Waals surface area contributed by atoms with Crippen LogP contribution >= 0.6 is 23.8 Å².